The van der Waals surface area contributed by atoms with Gasteiger partial charge in [0.1, 0.15) is 6.04 Å². The van der Waals surface area contributed by atoms with Gasteiger partial charge in [0.15, 0.2) is 6.29 Å². The summed E-state index contributed by atoms with van der Waals surface area (Å²) < 4.78 is 10.9. The fourth-order valence-electron chi connectivity index (χ4n) is 3.56. The molecule has 2 aromatic carbocycles. The number of nitrogens with one attached hydrogen (secondary N) is 3. The van der Waals surface area contributed by atoms with Crippen LogP contribution < -0.4 is 16.0 Å². The van der Waals surface area contributed by atoms with E-state index in [4.69, 9.17) is 9.47 Å². The highest BCUT2D eigenvalue weighted by Crippen LogP contribution is 2.29. The lowest BCUT2D eigenvalue weighted by molar-refractivity contribution is -0.131. The van der Waals surface area contributed by atoms with Crippen molar-refractivity contribution in [1.82, 2.24) is 5.32 Å². The first-order valence-electron chi connectivity index (χ1n) is 11.3. The van der Waals surface area contributed by atoms with E-state index in [2.05, 4.69) is 48.0 Å². The van der Waals surface area contributed by atoms with Gasteiger partial charge in [-0.1, -0.05) is 23.8 Å². The van der Waals surface area contributed by atoms with Gasteiger partial charge in [-0.15, -0.1) is 0 Å². The molecule has 178 valence electrons. The molecule has 2 aromatic rings. The molecule has 8 heteroatoms. The molecule has 2 amide bonds. The summed E-state index contributed by atoms with van der Waals surface area (Å²) >= 11 is 1.73. The van der Waals surface area contributed by atoms with Crippen LogP contribution in [0, 0.1) is 13.8 Å². The van der Waals surface area contributed by atoms with Gasteiger partial charge < -0.3 is 25.4 Å². The summed E-state index contributed by atoms with van der Waals surface area (Å²) in [7, 11) is 0. The molecule has 0 bridgehead atoms. The van der Waals surface area contributed by atoms with Crippen LogP contribution in [0.4, 0.5) is 11.4 Å². The van der Waals surface area contributed by atoms with Crippen molar-refractivity contribution >= 4 is 35.0 Å². The van der Waals surface area contributed by atoms with E-state index in [1.54, 1.807) is 23.9 Å². The third kappa shape index (κ3) is 6.96. The topological polar surface area (TPSA) is 88.7 Å². The van der Waals surface area contributed by atoms with Gasteiger partial charge in [-0.05, 0) is 57.0 Å². The number of carbonyl (C=O) groups excluding carboxylic acids is 2. The van der Waals surface area contributed by atoms with Crippen molar-refractivity contribution in [2.45, 2.75) is 45.8 Å². The zero-order valence-electron chi connectivity index (χ0n) is 19.7. The minimum absolute atomic E-state index is 0.0960. The van der Waals surface area contributed by atoms with Gasteiger partial charge in [0, 0.05) is 30.3 Å². The third-order valence-corrected chi connectivity index (χ3v) is 6.45. The van der Waals surface area contributed by atoms with Crippen LogP contribution in [0.5, 0.6) is 0 Å². The van der Waals surface area contributed by atoms with E-state index in [0.29, 0.717) is 30.2 Å². The Kier molecular flexibility index (Phi) is 9.17. The second-order valence-corrected chi connectivity index (χ2v) is 8.97. The van der Waals surface area contributed by atoms with Crippen molar-refractivity contribution in [3.05, 3.63) is 58.7 Å². The molecule has 0 saturated heterocycles. The Bertz CT molecular complexity index is 976. The number of rotatable bonds is 11. The minimum Gasteiger partial charge on any atom is -0.371 e. The van der Waals surface area contributed by atoms with Crippen LogP contribution in [0.3, 0.4) is 0 Å². The van der Waals surface area contributed by atoms with Crippen molar-refractivity contribution in [2.24, 2.45) is 0 Å². The van der Waals surface area contributed by atoms with Crippen molar-refractivity contribution in [3.63, 3.8) is 0 Å². The maximum absolute atomic E-state index is 12.6. The molecule has 0 aliphatic carbocycles. The molecule has 1 aliphatic rings. The van der Waals surface area contributed by atoms with Crippen molar-refractivity contribution in [2.75, 3.05) is 36.1 Å². The standard InChI is InChI=1S/C25H33N3O4S/c1-5-31-23(32-6-2)13-26-24(29)18-9-10-20-21(12-18)28-25(30)22(27-20)15-33-14-19-11-16(3)7-8-17(19)4/h7-12,22-23,27H,5-6,13-15H2,1-4H3,(H,26,29)(H,28,30). The Morgan fingerprint density at radius 2 is 1.85 bits per heavy atom. The fourth-order valence-corrected chi connectivity index (χ4v) is 4.68. The van der Waals surface area contributed by atoms with E-state index in [1.807, 2.05) is 19.9 Å². The highest BCUT2D eigenvalue weighted by Gasteiger charge is 2.26. The van der Waals surface area contributed by atoms with E-state index >= 15 is 0 Å². The molecule has 1 aliphatic heterocycles. The van der Waals surface area contributed by atoms with Gasteiger partial charge in [0.2, 0.25) is 5.91 Å². The minimum atomic E-state index is -0.482. The van der Waals surface area contributed by atoms with E-state index in [9.17, 15) is 9.59 Å². The molecule has 33 heavy (non-hydrogen) atoms. The largest absolute Gasteiger partial charge is 0.371 e. The number of thioether (sulfide) groups is 1. The van der Waals surface area contributed by atoms with Crippen molar-refractivity contribution in [3.8, 4) is 0 Å². The van der Waals surface area contributed by atoms with Crippen LogP contribution in [0.2, 0.25) is 0 Å². The summed E-state index contributed by atoms with van der Waals surface area (Å²) in [5.74, 6) is 1.16. The first kappa shape index (κ1) is 25.1. The number of aryl methyl sites for hydroxylation is 2. The molecular formula is C25H33N3O4S. The smallest absolute Gasteiger partial charge is 0.251 e. The van der Waals surface area contributed by atoms with E-state index in [1.165, 1.54) is 16.7 Å². The Balaban J connectivity index is 1.56. The second-order valence-electron chi connectivity index (χ2n) is 7.94. The average Bonchev–Trinajstić information content (AvgIpc) is 2.79. The molecule has 1 unspecified atom stereocenters. The van der Waals surface area contributed by atoms with Gasteiger partial charge in [0.05, 0.1) is 17.9 Å². The molecular weight excluding hydrogens is 438 g/mol. The number of hydrogen-bond acceptors (Lipinski definition) is 6. The van der Waals surface area contributed by atoms with Crippen LogP contribution >= 0.6 is 11.8 Å². The molecule has 0 spiro atoms. The number of carbonyl (C=O) groups is 2. The van der Waals surface area contributed by atoms with Crippen LogP contribution in [0.1, 0.15) is 40.9 Å². The van der Waals surface area contributed by atoms with Crippen LogP contribution in [0.25, 0.3) is 0 Å². The Morgan fingerprint density at radius 1 is 1.09 bits per heavy atom. The fraction of sp³-hybridized carbons (Fsp3) is 0.440. The van der Waals surface area contributed by atoms with Crippen LogP contribution in [-0.2, 0) is 20.0 Å². The molecule has 3 N–H and O–H groups in total. The Labute approximate surface area is 200 Å². The number of hydrogen-bond donors (Lipinski definition) is 3. The van der Waals surface area contributed by atoms with Gasteiger partial charge in [-0.25, -0.2) is 0 Å². The molecule has 1 heterocycles. The molecule has 0 fully saturated rings. The number of amides is 2. The normalized spacial score (nSPS) is 15.1. The van der Waals surface area contributed by atoms with Gasteiger partial charge >= 0.3 is 0 Å². The summed E-state index contributed by atoms with van der Waals surface area (Å²) in [6.07, 6.45) is -0.482. The lowest BCUT2D eigenvalue weighted by Crippen LogP contribution is -2.41. The summed E-state index contributed by atoms with van der Waals surface area (Å²) in [4.78, 5) is 25.2. The van der Waals surface area contributed by atoms with Crippen molar-refractivity contribution in [1.29, 1.82) is 0 Å². The third-order valence-electron chi connectivity index (χ3n) is 5.37. The molecule has 0 aromatic heterocycles. The molecule has 1 atom stereocenters. The number of anilines is 2. The summed E-state index contributed by atoms with van der Waals surface area (Å²) in [5.41, 5.74) is 5.68. The summed E-state index contributed by atoms with van der Waals surface area (Å²) in [6.45, 7) is 9.21. The average molecular weight is 472 g/mol. The summed E-state index contributed by atoms with van der Waals surface area (Å²) in [5, 5.41) is 9.06. The predicted molar refractivity (Wildman–Crippen MR) is 134 cm³/mol. The molecule has 0 radical (unpaired) electrons. The predicted octanol–water partition coefficient (Wildman–Crippen LogP) is 4.10. The van der Waals surface area contributed by atoms with Gasteiger partial charge in [-0.3, -0.25) is 9.59 Å². The lowest BCUT2D eigenvalue weighted by atomic mass is 10.1. The number of benzene rings is 2. The van der Waals surface area contributed by atoms with E-state index in [-0.39, 0.29) is 24.4 Å². The van der Waals surface area contributed by atoms with Crippen molar-refractivity contribution < 1.29 is 19.1 Å². The zero-order chi connectivity index (χ0) is 23.8. The molecule has 3 rings (SSSR count). The Hall–Kier alpha value is -2.55. The van der Waals surface area contributed by atoms with Gasteiger partial charge in [0.25, 0.3) is 5.91 Å². The second kappa shape index (κ2) is 12.1. The Morgan fingerprint density at radius 3 is 2.58 bits per heavy atom. The first-order valence-corrected chi connectivity index (χ1v) is 12.4. The SMILES string of the molecule is CCOC(CNC(=O)c1ccc2c(c1)NC(=O)C(CSCc1cc(C)ccc1C)N2)OCC. The molecule has 7 nitrogen and oxygen atoms in total. The monoisotopic (exact) mass is 471 g/mol. The van der Waals surface area contributed by atoms with Crippen LogP contribution in [-0.4, -0.2) is 49.7 Å². The molecule has 0 saturated carbocycles. The zero-order valence-corrected chi connectivity index (χ0v) is 20.5. The quantitative estimate of drug-likeness (QED) is 0.428. The van der Waals surface area contributed by atoms with Crippen LogP contribution in [0.15, 0.2) is 36.4 Å². The maximum atomic E-state index is 12.6. The van der Waals surface area contributed by atoms with E-state index < -0.39 is 6.29 Å². The highest BCUT2D eigenvalue weighted by molar-refractivity contribution is 7.98. The lowest BCUT2D eigenvalue weighted by Gasteiger charge is -2.27. The summed E-state index contributed by atoms with van der Waals surface area (Å²) in [6, 6.07) is 11.4. The first-order chi connectivity index (χ1) is 15.9. The number of fused-ring (bicyclic) bond motifs is 1. The maximum Gasteiger partial charge on any atom is 0.251 e. The van der Waals surface area contributed by atoms with Gasteiger partial charge in [-0.2, -0.15) is 11.8 Å². The highest BCUT2D eigenvalue weighted by atomic mass is 32.2. The van der Waals surface area contributed by atoms with E-state index in [0.717, 1.165) is 11.4 Å². The number of ether oxygens (including phenoxy) is 2.